The summed E-state index contributed by atoms with van der Waals surface area (Å²) >= 11 is 0. The Hall–Kier alpha value is -0.650. The van der Waals surface area contributed by atoms with E-state index in [1.54, 1.807) is 0 Å². The third-order valence-electron chi connectivity index (χ3n) is 2.24. The second-order valence-corrected chi connectivity index (χ2v) is 3.21. The van der Waals surface area contributed by atoms with Crippen LogP contribution in [0.15, 0.2) is 0 Å². The summed E-state index contributed by atoms with van der Waals surface area (Å²) in [5.74, 6) is -1.34. The molecule has 1 aliphatic rings. The SMILES string of the molecule is O=C(O)C1(O)CCC(O)[C@H](O)C1. The fraction of sp³-hybridized carbons (Fsp3) is 0.857. The maximum atomic E-state index is 10.5. The number of aliphatic carboxylic acids is 1. The molecule has 12 heavy (non-hydrogen) atoms. The highest BCUT2D eigenvalue weighted by Crippen LogP contribution is 2.28. The van der Waals surface area contributed by atoms with Gasteiger partial charge in [-0.1, -0.05) is 0 Å². The van der Waals surface area contributed by atoms with E-state index in [2.05, 4.69) is 0 Å². The van der Waals surface area contributed by atoms with E-state index < -0.39 is 23.8 Å². The Morgan fingerprint density at radius 2 is 1.92 bits per heavy atom. The van der Waals surface area contributed by atoms with Crippen LogP contribution in [0, 0.1) is 0 Å². The zero-order valence-corrected chi connectivity index (χ0v) is 6.47. The highest BCUT2D eigenvalue weighted by molar-refractivity contribution is 5.77. The molecule has 3 atom stereocenters. The topological polar surface area (TPSA) is 98.0 Å². The Bertz CT molecular complexity index is 192. The summed E-state index contributed by atoms with van der Waals surface area (Å²) < 4.78 is 0. The van der Waals surface area contributed by atoms with Crippen molar-refractivity contribution in [2.45, 2.75) is 37.1 Å². The lowest BCUT2D eigenvalue weighted by Crippen LogP contribution is -2.49. The Balaban J connectivity index is 2.66. The van der Waals surface area contributed by atoms with Crippen LogP contribution < -0.4 is 0 Å². The smallest absolute Gasteiger partial charge is 0.335 e. The molecule has 0 amide bonds. The minimum Gasteiger partial charge on any atom is -0.479 e. The summed E-state index contributed by atoms with van der Waals surface area (Å²) in [4.78, 5) is 10.5. The van der Waals surface area contributed by atoms with Gasteiger partial charge in [0.25, 0.3) is 0 Å². The number of carboxylic acid groups (broad SMARTS) is 1. The van der Waals surface area contributed by atoms with Crippen molar-refractivity contribution in [2.75, 3.05) is 0 Å². The van der Waals surface area contributed by atoms with Crippen LogP contribution in [0.5, 0.6) is 0 Å². The van der Waals surface area contributed by atoms with Crippen LogP contribution in [0.4, 0.5) is 0 Å². The van der Waals surface area contributed by atoms with Gasteiger partial charge in [-0.05, 0) is 12.8 Å². The number of aliphatic hydroxyl groups is 3. The van der Waals surface area contributed by atoms with Gasteiger partial charge in [0, 0.05) is 6.42 Å². The molecule has 1 rings (SSSR count). The van der Waals surface area contributed by atoms with E-state index in [4.69, 9.17) is 15.3 Å². The molecule has 0 bridgehead atoms. The lowest BCUT2D eigenvalue weighted by molar-refractivity contribution is -0.171. The van der Waals surface area contributed by atoms with Gasteiger partial charge in [0.15, 0.2) is 5.60 Å². The number of hydrogen-bond acceptors (Lipinski definition) is 4. The normalized spacial score (nSPS) is 42.6. The van der Waals surface area contributed by atoms with Crippen LogP contribution in [-0.2, 0) is 4.79 Å². The molecule has 0 spiro atoms. The molecule has 1 saturated carbocycles. The van der Waals surface area contributed by atoms with Crippen LogP contribution >= 0.6 is 0 Å². The van der Waals surface area contributed by atoms with Crippen molar-refractivity contribution < 1.29 is 25.2 Å². The van der Waals surface area contributed by atoms with Gasteiger partial charge in [-0.2, -0.15) is 0 Å². The lowest BCUT2D eigenvalue weighted by Gasteiger charge is -2.33. The zero-order chi connectivity index (χ0) is 9.35. The largest absolute Gasteiger partial charge is 0.479 e. The molecule has 2 unspecified atom stereocenters. The summed E-state index contributed by atoms with van der Waals surface area (Å²) in [7, 11) is 0. The summed E-state index contributed by atoms with van der Waals surface area (Å²) in [6, 6.07) is 0. The van der Waals surface area contributed by atoms with Crippen LogP contribution in [0.3, 0.4) is 0 Å². The predicted octanol–water partition coefficient (Wildman–Crippen LogP) is -1.29. The van der Waals surface area contributed by atoms with Gasteiger partial charge >= 0.3 is 5.97 Å². The van der Waals surface area contributed by atoms with Gasteiger partial charge in [-0.3, -0.25) is 0 Å². The number of hydrogen-bond donors (Lipinski definition) is 4. The van der Waals surface area contributed by atoms with Crippen LogP contribution in [0.1, 0.15) is 19.3 Å². The maximum Gasteiger partial charge on any atom is 0.335 e. The molecular weight excluding hydrogens is 164 g/mol. The average Bonchev–Trinajstić information content (AvgIpc) is 1.97. The van der Waals surface area contributed by atoms with Crippen LogP contribution in [0.25, 0.3) is 0 Å². The standard InChI is InChI=1S/C7H12O5/c8-4-1-2-7(12,6(10)11)3-5(4)9/h4-5,8-9,12H,1-3H2,(H,10,11)/t4?,5-,7?/m1/s1. The quantitative estimate of drug-likeness (QED) is 0.398. The first kappa shape index (κ1) is 9.44. The van der Waals surface area contributed by atoms with Gasteiger partial charge in [-0.15, -0.1) is 0 Å². The van der Waals surface area contributed by atoms with Gasteiger partial charge in [-0.25, -0.2) is 4.79 Å². The summed E-state index contributed by atoms with van der Waals surface area (Å²) in [5, 5.41) is 36.1. The van der Waals surface area contributed by atoms with E-state index in [-0.39, 0.29) is 19.3 Å². The van der Waals surface area contributed by atoms with Crippen molar-refractivity contribution in [1.82, 2.24) is 0 Å². The first-order valence-corrected chi connectivity index (χ1v) is 3.77. The predicted molar refractivity (Wildman–Crippen MR) is 38.5 cm³/mol. The zero-order valence-electron chi connectivity index (χ0n) is 6.47. The van der Waals surface area contributed by atoms with Gasteiger partial charge in [0.05, 0.1) is 12.2 Å². The molecule has 5 nitrogen and oxygen atoms in total. The summed E-state index contributed by atoms with van der Waals surface area (Å²) in [6.45, 7) is 0. The molecule has 0 aromatic heterocycles. The lowest BCUT2D eigenvalue weighted by atomic mass is 9.82. The third-order valence-corrected chi connectivity index (χ3v) is 2.24. The summed E-state index contributed by atoms with van der Waals surface area (Å²) in [6.07, 6.45) is -2.25. The van der Waals surface area contributed by atoms with Gasteiger partial charge in [0.1, 0.15) is 0 Å². The van der Waals surface area contributed by atoms with Crippen molar-refractivity contribution >= 4 is 5.97 Å². The van der Waals surface area contributed by atoms with Crippen molar-refractivity contribution in [1.29, 1.82) is 0 Å². The molecular formula is C7H12O5. The van der Waals surface area contributed by atoms with Crippen molar-refractivity contribution in [3.8, 4) is 0 Å². The number of carboxylic acids is 1. The van der Waals surface area contributed by atoms with Crippen molar-refractivity contribution in [3.05, 3.63) is 0 Å². The van der Waals surface area contributed by atoms with E-state index in [9.17, 15) is 9.90 Å². The molecule has 4 N–H and O–H groups in total. The highest BCUT2D eigenvalue weighted by Gasteiger charge is 2.43. The van der Waals surface area contributed by atoms with Gasteiger partial charge in [0.2, 0.25) is 0 Å². The molecule has 0 radical (unpaired) electrons. The Kier molecular flexibility index (Phi) is 2.36. The fourth-order valence-electron chi connectivity index (χ4n) is 1.36. The maximum absolute atomic E-state index is 10.5. The van der Waals surface area contributed by atoms with E-state index in [1.807, 2.05) is 0 Å². The van der Waals surface area contributed by atoms with E-state index >= 15 is 0 Å². The van der Waals surface area contributed by atoms with Crippen LogP contribution in [0.2, 0.25) is 0 Å². The van der Waals surface area contributed by atoms with E-state index in [1.165, 1.54) is 0 Å². The molecule has 5 heteroatoms. The van der Waals surface area contributed by atoms with Crippen molar-refractivity contribution in [3.63, 3.8) is 0 Å². The van der Waals surface area contributed by atoms with E-state index in [0.29, 0.717) is 0 Å². The molecule has 0 heterocycles. The first-order valence-electron chi connectivity index (χ1n) is 3.77. The molecule has 1 fully saturated rings. The number of rotatable bonds is 1. The second-order valence-electron chi connectivity index (χ2n) is 3.21. The minimum atomic E-state index is -1.86. The van der Waals surface area contributed by atoms with Crippen LogP contribution in [-0.4, -0.2) is 44.2 Å². The third kappa shape index (κ3) is 1.57. The Morgan fingerprint density at radius 1 is 1.33 bits per heavy atom. The molecule has 1 aliphatic carbocycles. The molecule has 0 aliphatic heterocycles. The average molecular weight is 176 g/mol. The first-order chi connectivity index (χ1) is 5.46. The molecule has 0 aromatic carbocycles. The Labute approximate surface area is 69.3 Å². The summed E-state index contributed by atoms with van der Waals surface area (Å²) in [5.41, 5.74) is -1.86. The molecule has 70 valence electrons. The second kappa shape index (κ2) is 3.01. The van der Waals surface area contributed by atoms with Crippen molar-refractivity contribution in [2.24, 2.45) is 0 Å². The molecule has 0 saturated heterocycles. The Morgan fingerprint density at radius 3 is 2.33 bits per heavy atom. The number of aliphatic hydroxyl groups excluding tert-OH is 2. The monoisotopic (exact) mass is 176 g/mol. The van der Waals surface area contributed by atoms with E-state index in [0.717, 1.165) is 0 Å². The fourth-order valence-corrected chi connectivity index (χ4v) is 1.36. The highest BCUT2D eigenvalue weighted by atomic mass is 16.4. The molecule has 0 aromatic rings. The van der Waals surface area contributed by atoms with Gasteiger partial charge < -0.3 is 20.4 Å². The minimum absolute atomic E-state index is 0.0133. The number of carbonyl (C=O) groups is 1.